The van der Waals surface area contributed by atoms with Crippen molar-refractivity contribution in [2.75, 3.05) is 6.61 Å². The molecule has 0 aromatic heterocycles. The molecule has 4 rings (SSSR count). The van der Waals surface area contributed by atoms with Crippen molar-refractivity contribution in [1.29, 1.82) is 0 Å². The lowest BCUT2D eigenvalue weighted by atomic mass is 9.99. The number of fused-ring (bicyclic) bond motifs is 2. The van der Waals surface area contributed by atoms with Crippen molar-refractivity contribution in [2.45, 2.75) is 44.2 Å². The molecule has 1 aliphatic heterocycles. The number of halogens is 1. The lowest BCUT2D eigenvalue weighted by molar-refractivity contribution is -0.137. The molecule has 3 fully saturated rings. The van der Waals surface area contributed by atoms with Gasteiger partial charge in [-0.3, -0.25) is 4.79 Å². The zero-order chi connectivity index (χ0) is 14.4. The molecule has 0 unspecified atom stereocenters. The predicted octanol–water partition coefficient (Wildman–Crippen LogP) is 2.99. The van der Waals surface area contributed by atoms with Gasteiger partial charge < -0.3 is 9.64 Å². The molecule has 1 aromatic rings. The summed E-state index contributed by atoms with van der Waals surface area (Å²) in [6, 6.07) is 6.75. The highest BCUT2D eigenvalue weighted by atomic mass is 19.1. The van der Waals surface area contributed by atoms with Crippen molar-refractivity contribution < 1.29 is 13.9 Å². The van der Waals surface area contributed by atoms with Gasteiger partial charge >= 0.3 is 0 Å². The summed E-state index contributed by atoms with van der Waals surface area (Å²) in [7, 11) is 0. The Balaban J connectivity index is 1.44. The van der Waals surface area contributed by atoms with E-state index < -0.39 is 0 Å². The van der Waals surface area contributed by atoms with E-state index in [1.165, 1.54) is 18.6 Å². The van der Waals surface area contributed by atoms with E-state index in [0.717, 1.165) is 25.7 Å². The molecule has 2 aliphatic carbocycles. The largest absolute Gasteiger partial charge is 0.491 e. The second kappa shape index (κ2) is 5.00. The number of carbonyl (C=O) groups excluding carboxylic acids is 1. The summed E-state index contributed by atoms with van der Waals surface area (Å²) in [5.41, 5.74) is 0. The summed E-state index contributed by atoms with van der Waals surface area (Å²) in [6.07, 6.45) is 5.60. The fourth-order valence-corrected chi connectivity index (χ4v) is 3.90. The third kappa shape index (κ3) is 2.41. The molecule has 3 aliphatic rings. The van der Waals surface area contributed by atoms with Crippen LogP contribution in [0.5, 0.6) is 5.75 Å². The van der Waals surface area contributed by atoms with Crippen molar-refractivity contribution in [2.24, 2.45) is 11.8 Å². The fourth-order valence-electron chi connectivity index (χ4n) is 3.90. The molecular formula is C17H20FNO2. The van der Waals surface area contributed by atoms with Crippen LogP contribution >= 0.6 is 0 Å². The molecule has 2 saturated carbocycles. The number of ether oxygens (including phenoxy) is 1. The van der Waals surface area contributed by atoms with Crippen LogP contribution in [0.1, 0.15) is 32.1 Å². The Morgan fingerprint density at radius 2 is 1.95 bits per heavy atom. The molecule has 0 N–H and O–H groups in total. The van der Waals surface area contributed by atoms with Gasteiger partial charge in [-0.05, 0) is 62.3 Å². The molecule has 3 atom stereocenters. The Bertz CT molecular complexity index is 540. The van der Waals surface area contributed by atoms with E-state index in [1.807, 2.05) is 0 Å². The fraction of sp³-hybridized carbons (Fsp3) is 0.588. The van der Waals surface area contributed by atoms with Crippen LogP contribution in [0.2, 0.25) is 0 Å². The number of likely N-dealkylation sites (tertiary alicyclic amines) is 1. The van der Waals surface area contributed by atoms with Crippen molar-refractivity contribution >= 4 is 5.91 Å². The highest BCUT2D eigenvalue weighted by Crippen LogP contribution is 2.45. The highest BCUT2D eigenvalue weighted by Gasteiger charge is 2.50. The van der Waals surface area contributed by atoms with Crippen LogP contribution < -0.4 is 4.74 Å². The standard InChI is InChI=1S/C17H20FNO2/c18-13-4-7-15(8-5-13)21-10-16-12-3-6-14(9-12)19(16)17(20)11-1-2-11/h4-5,7-8,11-12,14,16H,1-3,6,9-10H2/t12-,14-,16+/m1/s1. The molecule has 21 heavy (non-hydrogen) atoms. The highest BCUT2D eigenvalue weighted by molar-refractivity contribution is 5.82. The SMILES string of the molecule is O=C(C1CC1)N1[C@@H]2CC[C@H](C2)[C@@H]1COc1ccc(F)cc1. The Kier molecular flexibility index (Phi) is 3.12. The van der Waals surface area contributed by atoms with Gasteiger partial charge in [0, 0.05) is 12.0 Å². The number of hydrogen-bond donors (Lipinski definition) is 0. The van der Waals surface area contributed by atoms with Crippen molar-refractivity contribution in [1.82, 2.24) is 4.90 Å². The van der Waals surface area contributed by atoms with Crippen LogP contribution in [0.3, 0.4) is 0 Å². The Morgan fingerprint density at radius 3 is 2.67 bits per heavy atom. The summed E-state index contributed by atoms with van der Waals surface area (Å²) in [5, 5.41) is 0. The van der Waals surface area contributed by atoms with Crippen molar-refractivity contribution in [3.63, 3.8) is 0 Å². The zero-order valence-electron chi connectivity index (χ0n) is 12.0. The first-order chi connectivity index (χ1) is 10.2. The van der Waals surface area contributed by atoms with Crippen molar-refractivity contribution in [3.8, 4) is 5.75 Å². The molecule has 2 bridgehead atoms. The maximum atomic E-state index is 12.9. The summed E-state index contributed by atoms with van der Waals surface area (Å²) in [6.45, 7) is 0.533. The smallest absolute Gasteiger partial charge is 0.226 e. The lowest BCUT2D eigenvalue weighted by Gasteiger charge is -2.35. The molecule has 3 nitrogen and oxygen atoms in total. The minimum absolute atomic E-state index is 0.210. The van der Waals surface area contributed by atoms with E-state index in [1.54, 1.807) is 12.1 Å². The summed E-state index contributed by atoms with van der Waals surface area (Å²) in [5.74, 6) is 1.62. The molecule has 1 saturated heterocycles. The average molecular weight is 289 g/mol. The van der Waals surface area contributed by atoms with Crippen LogP contribution in [-0.4, -0.2) is 29.5 Å². The number of carbonyl (C=O) groups is 1. The van der Waals surface area contributed by atoms with Crippen LogP contribution in [0, 0.1) is 17.7 Å². The van der Waals surface area contributed by atoms with Crippen LogP contribution in [0.4, 0.5) is 4.39 Å². The second-order valence-electron chi connectivity index (χ2n) is 6.58. The quantitative estimate of drug-likeness (QED) is 0.853. The van der Waals surface area contributed by atoms with Gasteiger partial charge in [0.25, 0.3) is 0 Å². The first kappa shape index (κ1) is 13.1. The van der Waals surface area contributed by atoms with Gasteiger partial charge in [0.15, 0.2) is 0 Å². The Hall–Kier alpha value is -1.58. The number of piperidine rings is 1. The first-order valence-corrected chi connectivity index (χ1v) is 7.93. The van der Waals surface area contributed by atoms with Gasteiger partial charge in [-0.1, -0.05) is 0 Å². The number of rotatable bonds is 4. The Labute approximate surface area is 124 Å². The molecule has 112 valence electrons. The first-order valence-electron chi connectivity index (χ1n) is 7.93. The number of benzene rings is 1. The van der Waals surface area contributed by atoms with Gasteiger partial charge in [-0.2, -0.15) is 0 Å². The van der Waals surface area contributed by atoms with Crippen LogP contribution in [0.25, 0.3) is 0 Å². The van der Waals surface area contributed by atoms with Crippen LogP contribution in [-0.2, 0) is 4.79 Å². The maximum Gasteiger partial charge on any atom is 0.226 e. The molecule has 1 heterocycles. The minimum Gasteiger partial charge on any atom is -0.491 e. The van der Waals surface area contributed by atoms with E-state index in [0.29, 0.717) is 30.2 Å². The van der Waals surface area contributed by atoms with E-state index in [4.69, 9.17) is 4.74 Å². The zero-order valence-corrected chi connectivity index (χ0v) is 12.0. The van der Waals surface area contributed by atoms with Crippen molar-refractivity contribution in [3.05, 3.63) is 30.1 Å². The summed E-state index contributed by atoms with van der Waals surface area (Å²) >= 11 is 0. The average Bonchev–Trinajstić information content (AvgIpc) is 3.16. The summed E-state index contributed by atoms with van der Waals surface area (Å²) in [4.78, 5) is 14.6. The third-order valence-corrected chi connectivity index (χ3v) is 5.16. The molecule has 1 aromatic carbocycles. The van der Waals surface area contributed by atoms with E-state index in [2.05, 4.69) is 4.90 Å². The van der Waals surface area contributed by atoms with E-state index >= 15 is 0 Å². The minimum atomic E-state index is -0.257. The summed E-state index contributed by atoms with van der Waals surface area (Å²) < 4.78 is 18.7. The topological polar surface area (TPSA) is 29.5 Å². The number of amides is 1. The third-order valence-electron chi connectivity index (χ3n) is 5.16. The number of hydrogen-bond acceptors (Lipinski definition) is 2. The van der Waals surface area contributed by atoms with E-state index in [9.17, 15) is 9.18 Å². The number of nitrogens with zero attached hydrogens (tertiary/aromatic N) is 1. The molecule has 1 amide bonds. The molecule has 4 heteroatoms. The Morgan fingerprint density at radius 1 is 1.19 bits per heavy atom. The maximum absolute atomic E-state index is 12.9. The normalized spacial score (nSPS) is 30.7. The predicted molar refractivity (Wildman–Crippen MR) is 76.4 cm³/mol. The van der Waals surface area contributed by atoms with E-state index in [-0.39, 0.29) is 17.8 Å². The monoisotopic (exact) mass is 289 g/mol. The van der Waals surface area contributed by atoms with Gasteiger partial charge in [0.1, 0.15) is 18.2 Å². The van der Waals surface area contributed by atoms with Gasteiger partial charge in [0.2, 0.25) is 5.91 Å². The molecule has 0 radical (unpaired) electrons. The van der Waals surface area contributed by atoms with Gasteiger partial charge in [-0.25, -0.2) is 4.39 Å². The van der Waals surface area contributed by atoms with Gasteiger partial charge in [-0.15, -0.1) is 0 Å². The second-order valence-corrected chi connectivity index (χ2v) is 6.58. The van der Waals surface area contributed by atoms with Crippen LogP contribution in [0.15, 0.2) is 24.3 Å². The molecule has 0 spiro atoms. The van der Waals surface area contributed by atoms with Gasteiger partial charge in [0.05, 0.1) is 6.04 Å². The lowest BCUT2D eigenvalue weighted by Crippen LogP contribution is -2.48. The molecular weight excluding hydrogens is 269 g/mol.